The van der Waals surface area contributed by atoms with Gasteiger partial charge in [0.2, 0.25) is 0 Å². The zero-order chi connectivity index (χ0) is 18.9. The molecule has 0 bridgehead atoms. The predicted molar refractivity (Wildman–Crippen MR) is 104 cm³/mol. The minimum atomic E-state index is -0.326. The standard InChI is InChI=1S/C20H17FN6O/c21-15-3-4-17-18(12-15)28-20(23-17)27-10-8-26(9-11-27)19-6-5-16(24-25-19)14-2-1-7-22-13-14/h1-7,12-13H,8-11H2. The molecule has 0 saturated carbocycles. The number of benzene rings is 1. The third-order valence-electron chi connectivity index (χ3n) is 4.82. The molecule has 1 aliphatic rings. The van der Waals surface area contributed by atoms with Crippen molar-refractivity contribution in [1.82, 2.24) is 20.2 Å². The Morgan fingerprint density at radius 3 is 2.54 bits per heavy atom. The maximum absolute atomic E-state index is 13.3. The van der Waals surface area contributed by atoms with E-state index in [4.69, 9.17) is 4.42 Å². The summed E-state index contributed by atoms with van der Waals surface area (Å²) in [4.78, 5) is 12.8. The summed E-state index contributed by atoms with van der Waals surface area (Å²) in [6.45, 7) is 3.02. The highest BCUT2D eigenvalue weighted by atomic mass is 19.1. The second-order valence-corrected chi connectivity index (χ2v) is 6.60. The summed E-state index contributed by atoms with van der Waals surface area (Å²) in [6.07, 6.45) is 3.51. The van der Waals surface area contributed by atoms with Gasteiger partial charge in [-0.05, 0) is 36.4 Å². The maximum atomic E-state index is 13.3. The van der Waals surface area contributed by atoms with Crippen molar-refractivity contribution in [1.29, 1.82) is 0 Å². The Balaban J connectivity index is 1.27. The number of nitrogens with zero attached hydrogens (tertiary/aromatic N) is 6. The van der Waals surface area contributed by atoms with Crippen molar-refractivity contribution in [2.75, 3.05) is 36.0 Å². The number of anilines is 2. The number of oxazole rings is 1. The molecule has 4 aromatic rings. The first-order valence-electron chi connectivity index (χ1n) is 9.06. The maximum Gasteiger partial charge on any atom is 0.298 e. The molecule has 8 heteroatoms. The molecule has 0 aliphatic carbocycles. The van der Waals surface area contributed by atoms with Crippen LogP contribution in [0.1, 0.15) is 0 Å². The smallest absolute Gasteiger partial charge is 0.298 e. The Hall–Kier alpha value is -3.55. The van der Waals surface area contributed by atoms with Crippen LogP contribution in [-0.2, 0) is 0 Å². The van der Waals surface area contributed by atoms with E-state index in [9.17, 15) is 4.39 Å². The average molecular weight is 376 g/mol. The van der Waals surface area contributed by atoms with Gasteiger partial charge in [0.1, 0.15) is 11.3 Å². The molecule has 1 fully saturated rings. The van der Waals surface area contributed by atoms with Gasteiger partial charge in [-0.2, -0.15) is 4.98 Å². The first-order valence-corrected chi connectivity index (χ1v) is 9.06. The Morgan fingerprint density at radius 1 is 0.929 bits per heavy atom. The third kappa shape index (κ3) is 3.13. The molecule has 0 unspecified atom stereocenters. The molecule has 140 valence electrons. The van der Waals surface area contributed by atoms with Crippen LogP contribution in [0.4, 0.5) is 16.2 Å². The van der Waals surface area contributed by atoms with Crippen LogP contribution in [0, 0.1) is 5.82 Å². The number of aromatic nitrogens is 4. The van der Waals surface area contributed by atoms with E-state index < -0.39 is 0 Å². The van der Waals surface area contributed by atoms with Gasteiger partial charge in [0.25, 0.3) is 6.01 Å². The summed E-state index contributed by atoms with van der Waals surface area (Å²) in [6, 6.07) is 12.7. The minimum absolute atomic E-state index is 0.326. The van der Waals surface area contributed by atoms with E-state index in [0.717, 1.165) is 43.3 Å². The summed E-state index contributed by atoms with van der Waals surface area (Å²) >= 11 is 0. The zero-order valence-electron chi connectivity index (χ0n) is 15.0. The normalized spacial score (nSPS) is 14.6. The molecule has 0 spiro atoms. The lowest BCUT2D eigenvalue weighted by atomic mass is 10.2. The molecule has 1 aromatic carbocycles. The van der Waals surface area contributed by atoms with Crippen molar-refractivity contribution in [2.24, 2.45) is 0 Å². The van der Waals surface area contributed by atoms with Crippen molar-refractivity contribution in [3.63, 3.8) is 0 Å². The third-order valence-corrected chi connectivity index (χ3v) is 4.82. The number of fused-ring (bicyclic) bond motifs is 1. The topological polar surface area (TPSA) is 71.2 Å². The summed E-state index contributed by atoms with van der Waals surface area (Å²) < 4.78 is 19.1. The molecule has 3 aromatic heterocycles. The summed E-state index contributed by atoms with van der Waals surface area (Å²) in [5, 5.41) is 8.70. The average Bonchev–Trinajstić information content (AvgIpc) is 3.18. The molecule has 5 rings (SSSR count). The van der Waals surface area contributed by atoms with E-state index in [1.54, 1.807) is 18.5 Å². The van der Waals surface area contributed by atoms with E-state index in [0.29, 0.717) is 17.1 Å². The SMILES string of the molecule is Fc1ccc2nc(N3CCN(c4ccc(-c5cccnc5)nn4)CC3)oc2c1. The highest BCUT2D eigenvalue weighted by Crippen LogP contribution is 2.25. The number of halogens is 1. The molecule has 1 aliphatic heterocycles. The van der Waals surface area contributed by atoms with Gasteiger partial charge in [0.15, 0.2) is 11.4 Å². The molecule has 7 nitrogen and oxygen atoms in total. The van der Waals surface area contributed by atoms with Gasteiger partial charge in [0, 0.05) is 50.2 Å². The van der Waals surface area contributed by atoms with Gasteiger partial charge in [-0.3, -0.25) is 4.98 Å². The molecule has 0 atom stereocenters. The van der Waals surface area contributed by atoms with Crippen LogP contribution < -0.4 is 9.80 Å². The lowest BCUT2D eigenvalue weighted by molar-refractivity contribution is 0.537. The fourth-order valence-electron chi connectivity index (χ4n) is 3.31. The minimum Gasteiger partial charge on any atom is -0.423 e. The van der Waals surface area contributed by atoms with E-state index in [1.807, 2.05) is 24.3 Å². The van der Waals surface area contributed by atoms with Gasteiger partial charge in [-0.1, -0.05) is 0 Å². The van der Waals surface area contributed by atoms with Gasteiger partial charge in [-0.25, -0.2) is 4.39 Å². The highest BCUT2D eigenvalue weighted by molar-refractivity contribution is 5.74. The van der Waals surface area contributed by atoms with Crippen LogP contribution in [0.3, 0.4) is 0 Å². The fraction of sp³-hybridized carbons (Fsp3) is 0.200. The van der Waals surface area contributed by atoms with Crippen LogP contribution in [0.25, 0.3) is 22.4 Å². The van der Waals surface area contributed by atoms with Gasteiger partial charge in [-0.15, -0.1) is 10.2 Å². The van der Waals surface area contributed by atoms with E-state index in [1.165, 1.54) is 12.1 Å². The molecule has 0 N–H and O–H groups in total. The number of piperazine rings is 1. The molecule has 1 saturated heterocycles. The largest absolute Gasteiger partial charge is 0.423 e. The van der Waals surface area contributed by atoms with Gasteiger partial charge >= 0.3 is 0 Å². The van der Waals surface area contributed by atoms with Crippen molar-refractivity contribution in [3.05, 3.63) is 60.7 Å². The van der Waals surface area contributed by atoms with Gasteiger partial charge < -0.3 is 14.2 Å². The quantitative estimate of drug-likeness (QED) is 0.544. The lowest BCUT2D eigenvalue weighted by Gasteiger charge is -2.34. The second kappa shape index (κ2) is 6.88. The number of rotatable bonds is 3. The van der Waals surface area contributed by atoms with Crippen LogP contribution >= 0.6 is 0 Å². The lowest BCUT2D eigenvalue weighted by Crippen LogP contribution is -2.47. The van der Waals surface area contributed by atoms with Crippen LogP contribution in [0.5, 0.6) is 0 Å². The Morgan fingerprint density at radius 2 is 1.79 bits per heavy atom. The Bertz CT molecular complexity index is 1090. The van der Waals surface area contributed by atoms with Crippen molar-refractivity contribution < 1.29 is 8.81 Å². The zero-order valence-corrected chi connectivity index (χ0v) is 15.0. The fourth-order valence-corrected chi connectivity index (χ4v) is 3.31. The Labute approximate surface area is 160 Å². The van der Waals surface area contributed by atoms with E-state index in [2.05, 4.69) is 30.0 Å². The van der Waals surface area contributed by atoms with E-state index in [-0.39, 0.29) is 5.82 Å². The molecule has 0 radical (unpaired) electrons. The number of hydrogen-bond donors (Lipinski definition) is 0. The molecular formula is C20H17FN6O. The summed E-state index contributed by atoms with van der Waals surface area (Å²) in [7, 11) is 0. The molecule has 28 heavy (non-hydrogen) atoms. The summed E-state index contributed by atoms with van der Waals surface area (Å²) in [5.41, 5.74) is 2.87. The molecule has 0 amide bonds. The number of pyridine rings is 1. The highest BCUT2D eigenvalue weighted by Gasteiger charge is 2.22. The van der Waals surface area contributed by atoms with Crippen molar-refractivity contribution in [2.45, 2.75) is 0 Å². The Kier molecular flexibility index (Phi) is 4.08. The predicted octanol–water partition coefficient (Wildman–Crippen LogP) is 3.15. The van der Waals surface area contributed by atoms with E-state index >= 15 is 0 Å². The van der Waals surface area contributed by atoms with Crippen molar-refractivity contribution >= 4 is 22.9 Å². The summed E-state index contributed by atoms with van der Waals surface area (Å²) in [5.74, 6) is 0.514. The molecule has 4 heterocycles. The first kappa shape index (κ1) is 16.6. The van der Waals surface area contributed by atoms with Crippen LogP contribution in [0.2, 0.25) is 0 Å². The number of hydrogen-bond acceptors (Lipinski definition) is 7. The monoisotopic (exact) mass is 376 g/mol. The second-order valence-electron chi connectivity index (χ2n) is 6.60. The van der Waals surface area contributed by atoms with Crippen molar-refractivity contribution in [3.8, 4) is 11.3 Å². The van der Waals surface area contributed by atoms with Crippen LogP contribution in [-0.4, -0.2) is 46.3 Å². The first-order chi connectivity index (χ1) is 13.8. The van der Waals surface area contributed by atoms with Crippen LogP contribution in [0.15, 0.2) is 59.3 Å². The molecular weight excluding hydrogens is 359 g/mol. The van der Waals surface area contributed by atoms with Gasteiger partial charge in [0.05, 0.1) is 5.69 Å².